The standard InChI is InChI=1S/C18H22N2O4/c21-15(19-18(17(23)24)9-5-10-18)14-8-4-11-20(12-14)16(22)13-6-2-1-3-7-13/h1-3,6-7,14H,4-5,8-12H2,(H,19,21)(H,23,24). The summed E-state index contributed by atoms with van der Waals surface area (Å²) in [5.41, 5.74) is -0.484. The van der Waals surface area contributed by atoms with E-state index < -0.39 is 11.5 Å². The zero-order valence-corrected chi connectivity index (χ0v) is 13.5. The largest absolute Gasteiger partial charge is 0.480 e. The maximum atomic E-state index is 12.5. The topological polar surface area (TPSA) is 86.7 Å². The third-order valence-electron chi connectivity index (χ3n) is 5.08. The van der Waals surface area contributed by atoms with Crippen molar-refractivity contribution < 1.29 is 19.5 Å². The highest BCUT2D eigenvalue weighted by molar-refractivity contribution is 5.95. The fraction of sp³-hybridized carbons (Fsp3) is 0.500. The molecule has 2 fully saturated rings. The van der Waals surface area contributed by atoms with E-state index in [4.69, 9.17) is 0 Å². The van der Waals surface area contributed by atoms with Crippen LogP contribution in [-0.2, 0) is 9.59 Å². The van der Waals surface area contributed by atoms with Crippen LogP contribution in [0, 0.1) is 5.92 Å². The average molecular weight is 330 g/mol. The molecule has 2 N–H and O–H groups in total. The highest BCUT2D eigenvalue weighted by atomic mass is 16.4. The lowest BCUT2D eigenvalue weighted by atomic mass is 9.76. The highest BCUT2D eigenvalue weighted by Crippen LogP contribution is 2.33. The second-order valence-corrected chi connectivity index (χ2v) is 6.69. The first-order chi connectivity index (χ1) is 11.5. The summed E-state index contributed by atoms with van der Waals surface area (Å²) in [5, 5.41) is 12.1. The van der Waals surface area contributed by atoms with Gasteiger partial charge in [-0.3, -0.25) is 9.59 Å². The van der Waals surface area contributed by atoms with E-state index in [1.54, 1.807) is 17.0 Å². The summed E-state index contributed by atoms with van der Waals surface area (Å²) < 4.78 is 0. The van der Waals surface area contributed by atoms with E-state index in [0.717, 1.165) is 12.8 Å². The van der Waals surface area contributed by atoms with Gasteiger partial charge >= 0.3 is 5.97 Å². The summed E-state index contributed by atoms with van der Waals surface area (Å²) in [4.78, 5) is 38.1. The summed E-state index contributed by atoms with van der Waals surface area (Å²) in [6.45, 7) is 0.969. The van der Waals surface area contributed by atoms with E-state index in [-0.39, 0.29) is 17.7 Å². The van der Waals surface area contributed by atoms with Gasteiger partial charge < -0.3 is 15.3 Å². The Hall–Kier alpha value is -2.37. The number of piperidine rings is 1. The second-order valence-electron chi connectivity index (χ2n) is 6.69. The van der Waals surface area contributed by atoms with Gasteiger partial charge in [0.2, 0.25) is 5.91 Å². The molecule has 0 bridgehead atoms. The Morgan fingerprint density at radius 2 is 1.83 bits per heavy atom. The van der Waals surface area contributed by atoms with Crippen molar-refractivity contribution in [2.45, 2.75) is 37.6 Å². The van der Waals surface area contributed by atoms with E-state index in [2.05, 4.69) is 5.32 Å². The van der Waals surface area contributed by atoms with Gasteiger partial charge in [0.1, 0.15) is 5.54 Å². The van der Waals surface area contributed by atoms with Crippen molar-refractivity contribution in [3.05, 3.63) is 35.9 Å². The Balaban J connectivity index is 1.64. The summed E-state index contributed by atoms with van der Waals surface area (Å²) in [6.07, 6.45) is 3.20. The molecule has 1 unspecified atom stereocenters. The van der Waals surface area contributed by atoms with Crippen molar-refractivity contribution in [1.82, 2.24) is 10.2 Å². The molecule has 0 radical (unpaired) electrons. The summed E-state index contributed by atoms with van der Waals surface area (Å²) >= 11 is 0. The minimum absolute atomic E-state index is 0.0790. The van der Waals surface area contributed by atoms with Gasteiger partial charge in [0.15, 0.2) is 0 Å². The predicted octanol–water partition coefficient (Wildman–Crippen LogP) is 1.66. The molecule has 1 atom stereocenters. The molecular weight excluding hydrogens is 308 g/mol. The fourth-order valence-corrected chi connectivity index (χ4v) is 3.40. The van der Waals surface area contributed by atoms with Gasteiger partial charge in [-0.05, 0) is 44.2 Å². The Morgan fingerprint density at radius 3 is 2.42 bits per heavy atom. The van der Waals surface area contributed by atoms with Crippen molar-refractivity contribution >= 4 is 17.8 Å². The lowest BCUT2D eigenvalue weighted by molar-refractivity contribution is -0.152. The van der Waals surface area contributed by atoms with E-state index in [9.17, 15) is 19.5 Å². The molecule has 1 aromatic rings. The first kappa shape index (κ1) is 16.5. The van der Waals surface area contributed by atoms with Crippen LogP contribution in [0.3, 0.4) is 0 Å². The molecule has 2 aliphatic rings. The number of benzene rings is 1. The molecule has 128 valence electrons. The van der Waals surface area contributed by atoms with Crippen molar-refractivity contribution in [2.75, 3.05) is 13.1 Å². The van der Waals surface area contributed by atoms with Gasteiger partial charge in [-0.1, -0.05) is 18.2 Å². The number of carboxylic acids is 1. The molecule has 0 aromatic heterocycles. The number of likely N-dealkylation sites (tertiary alicyclic amines) is 1. The van der Waals surface area contributed by atoms with Gasteiger partial charge in [-0.15, -0.1) is 0 Å². The van der Waals surface area contributed by atoms with Gasteiger partial charge in [0, 0.05) is 18.7 Å². The minimum atomic E-state index is -1.09. The minimum Gasteiger partial charge on any atom is -0.480 e. The monoisotopic (exact) mass is 330 g/mol. The summed E-state index contributed by atoms with van der Waals surface area (Å²) in [5.74, 6) is -1.63. The first-order valence-electron chi connectivity index (χ1n) is 8.42. The van der Waals surface area contributed by atoms with Crippen molar-refractivity contribution in [3.8, 4) is 0 Å². The molecular formula is C18H22N2O4. The van der Waals surface area contributed by atoms with Gasteiger partial charge in [0.25, 0.3) is 5.91 Å². The number of nitrogens with zero attached hydrogens (tertiary/aromatic N) is 1. The third-order valence-corrected chi connectivity index (χ3v) is 5.08. The number of hydrogen-bond acceptors (Lipinski definition) is 3. The third kappa shape index (κ3) is 3.13. The van der Waals surface area contributed by atoms with Crippen molar-refractivity contribution in [3.63, 3.8) is 0 Å². The van der Waals surface area contributed by atoms with Crippen LogP contribution < -0.4 is 5.32 Å². The fourth-order valence-electron chi connectivity index (χ4n) is 3.40. The molecule has 24 heavy (non-hydrogen) atoms. The number of carbonyl (C=O) groups is 3. The average Bonchev–Trinajstić information content (AvgIpc) is 2.57. The molecule has 3 rings (SSSR count). The van der Waals surface area contributed by atoms with Crippen molar-refractivity contribution in [2.24, 2.45) is 5.92 Å². The Bertz CT molecular complexity index is 640. The lowest BCUT2D eigenvalue weighted by Crippen LogP contribution is -2.61. The molecule has 1 aromatic carbocycles. The SMILES string of the molecule is O=C(NC1(C(=O)O)CCC1)C1CCCN(C(=O)c2ccccc2)C1. The van der Waals surface area contributed by atoms with Gasteiger partial charge in [0.05, 0.1) is 5.92 Å². The number of carbonyl (C=O) groups excluding carboxylic acids is 2. The maximum Gasteiger partial charge on any atom is 0.329 e. The van der Waals surface area contributed by atoms with Crippen LogP contribution in [0.25, 0.3) is 0 Å². The number of aliphatic carboxylic acids is 1. The van der Waals surface area contributed by atoms with Crippen LogP contribution in [0.15, 0.2) is 30.3 Å². The lowest BCUT2D eigenvalue weighted by Gasteiger charge is -2.40. The molecule has 0 spiro atoms. The van der Waals surface area contributed by atoms with E-state index >= 15 is 0 Å². The number of rotatable bonds is 4. The number of hydrogen-bond donors (Lipinski definition) is 2. The molecule has 1 aliphatic carbocycles. The smallest absolute Gasteiger partial charge is 0.329 e. The zero-order valence-electron chi connectivity index (χ0n) is 13.5. The normalized spacial score (nSPS) is 22.3. The molecule has 2 amide bonds. The van der Waals surface area contributed by atoms with E-state index in [0.29, 0.717) is 37.9 Å². The van der Waals surface area contributed by atoms with Crippen LogP contribution in [0.1, 0.15) is 42.5 Å². The maximum absolute atomic E-state index is 12.5. The van der Waals surface area contributed by atoms with Gasteiger partial charge in [-0.25, -0.2) is 4.79 Å². The molecule has 1 heterocycles. The van der Waals surface area contributed by atoms with E-state index in [1.807, 2.05) is 18.2 Å². The van der Waals surface area contributed by atoms with Crippen molar-refractivity contribution in [1.29, 1.82) is 0 Å². The Labute approximate surface area is 140 Å². The highest BCUT2D eigenvalue weighted by Gasteiger charge is 2.46. The van der Waals surface area contributed by atoms with Gasteiger partial charge in [-0.2, -0.15) is 0 Å². The van der Waals surface area contributed by atoms with Crippen LogP contribution in [0.5, 0.6) is 0 Å². The number of carboxylic acid groups (broad SMARTS) is 1. The van der Waals surface area contributed by atoms with E-state index in [1.165, 1.54) is 0 Å². The van der Waals surface area contributed by atoms with Crippen LogP contribution >= 0.6 is 0 Å². The zero-order chi connectivity index (χ0) is 17.2. The first-order valence-corrected chi connectivity index (χ1v) is 8.42. The summed E-state index contributed by atoms with van der Waals surface area (Å²) in [7, 11) is 0. The van der Waals surface area contributed by atoms with Crippen LogP contribution in [0.2, 0.25) is 0 Å². The molecule has 6 nitrogen and oxygen atoms in total. The van der Waals surface area contributed by atoms with Crippen LogP contribution in [0.4, 0.5) is 0 Å². The Morgan fingerprint density at radius 1 is 1.12 bits per heavy atom. The summed E-state index contributed by atoms with van der Waals surface area (Å²) in [6, 6.07) is 9.01. The quantitative estimate of drug-likeness (QED) is 0.879. The molecule has 1 saturated carbocycles. The molecule has 1 aliphatic heterocycles. The number of amides is 2. The predicted molar refractivity (Wildman–Crippen MR) is 87.4 cm³/mol. The second kappa shape index (κ2) is 6.63. The number of nitrogens with one attached hydrogen (secondary N) is 1. The Kier molecular flexibility index (Phi) is 4.55. The molecule has 6 heteroatoms. The molecule has 1 saturated heterocycles. The van der Waals surface area contributed by atoms with Crippen LogP contribution in [-0.4, -0.2) is 46.4 Å².